The molecule has 1 atom stereocenters. The van der Waals surface area contributed by atoms with Gasteiger partial charge in [0.25, 0.3) is 0 Å². The smallest absolute Gasteiger partial charge is 0.348 e. The quantitative estimate of drug-likeness (QED) is 0.720. The van der Waals surface area contributed by atoms with Crippen LogP contribution in [0.2, 0.25) is 0 Å². The first-order valence-electron chi connectivity index (χ1n) is 7.62. The van der Waals surface area contributed by atoms with Crippen LogP contribution in [0.15, 0.2) is 43.0 Å². The van der Waals surface area contributed by atoms with Crippen LogP contribution >= 0.6 is 0 Å². The number of nitrogens with zero attached hydrogens (tertiary/aromatic N) is 5. The van der Waals surface area contributed by atoms with Gasteiger partial charge < -0.3 is 4.90 Å². The molecule has 3 aromatic heterocycles. The normalized spacial score (nSPS) is 18.5. The zero-order valence-corrected chi connectivity index (χ0v) is 12.6. The second-order valence-electron chi connectivity index (χ2n) is 5.75. The van der Waals surface area contributed by atoms with Crippen molar-refractivity contribution in [2.45, 2.75) is 25.1 Å². The van der Waals surface area contributed by atoms with Crippen molar-refractivity contribution in [3.8, 4) is 0 Å². The lowest BCUT2D eigenvalue weighted by Gasteiger charge is -2.26. The SMILES string of the molecule is FC(F)(F)c1cc2c(N3CCC[C@H]3c3cccnc3)nccn2n1. The number of rotatable bonds is 2. The summed E-state index contributed by atoms with van der Waals surface area (Å²) < 4.78 is 40.1. The van der Waals surface area contributed by atoms with Gasteiger partial charge in [-0.2, -0.15) is 18.3 Å². The molecule has 0 N–H and O–H groups in total. The van der Waals surface area contributed by atoms with E-state index in [-0.39, 0.29) is 6.04 Å². The maximum absolute atomic E-state index is 13.0. The van der Waals surface area contributed by atoms with Gasteiger partial charge in [-0.05, 0) is 24.5 Å². The molecule has 0 saturated carbocycles. The third-order valence-electron chi connectivity index (χ3n) is 4.25. The lowest BCUT2D eigenvalue weighted by atomic mass is 10.1. The molecule has 1 aliphatic heterocycles. The van der Waals surface area contributed by atoms with Crippen LogP contribution in [0.1, 0.15) is 30.1 Å². The van der Waals surface area contributed by atoms with Gasteiger partial charge in [-0.25, -0.2) is 9.50 Å². The number of hydrogen-bond acceptors (Lipinski definition) is 4. The first kappa shape index (κ1) is 14.9. The van der Waals surface area contributed by atoms with Crippen molar-refractivity contribution >= 4 is 11.3 Å². The van der Waals surface area contributed by atoms with E-state index in [0.29, 0.717) is 11.3 Å². The molecule has 1 aliphatic rings. The van der Waals surface area contributed by atoms with Crippen LogP contribution in [0.3, 0.4) is 0 Å². The van der Waals surface area contributed by atoms with Crippen molar-refractivity contribution in [1.82, 2.24) is 19.6 Å². The van der Waals surface area contributed by atoms with Gasteiger partial charge in [0.1, 0.15) is 5.52 Å². The van der Waals surface area contributed by atoms with Gasteiger partial charge in [-0.3, -0.25) is 4.98 Å². The molecule has 0 unspecified atom stereocenters. The Morgan fingerprint density at radius 2 is 2.08 bits per heavy atom. The molecule has 24 heavy (non-hydrogen) atoms. The highest BCUT2D eigenvalue weighted by molar-refractivity contribution is 5.70. The van der Waals surface area contributed by atoms with Gasteiger partial charge in [0.05, 0.1) is 6.04 Å². The molecule has 0 aromatic carbocycles. The number of pyridine rings is 1. The molecule has 1 fully saturated rings. The van der Waals surface area contributed by atoms with Crippen LogP contribution in [-0.4, -0.2) is 26.1 Å². The van der Waals surface area contributed by atoms with Gasteiger partial charge in [0, 0.05) is 37.4 Å². The number of fused-ring (bicyclic) bond motifs is 1. The summed E-state index contributed by atoms with van der Waals surface area (Å²) in [6, 6.07) is 4.95. The maximum atomic E-state index is 13.0. The summed E-state index contributed by atoms with van der Waals surface area (Å²) in [4.78, 5) is 10.5. The summed E-state index contributed by atoms with van der Waals surface area (Å²) in [7, 11) is 0. The minimum atomic E-state index is -4.48. The largest absolute Gasteiger partial charge is 0.435 e. The number of aromatic nitrogens is 4. The topological polar surface area (TPSA) is 46.3 Å². The summed E-state index contributed by atoms with van der Waals surface area (Å²) in [5, 5.41) is 3.63. The van der Waals surface area contributed by atoms with E-state index >= 15 is 0 Å². The first-order valence-corrected chi connectivity index (χ1v) is 7.62. The van der Waals surface area contributed by atoms with E-state index < -0.39 is 11.9 Å². The second kappa shape index (κ2) is 5.47. The number of anilines is 1. The van der Waals surface area contributed by atoms with Crippen LogP contribution in [0.25, 0.3) is 5.52 Å². The Labute approximate surface area is 135 Å². The fraction of sp³-hybridized carbons (Fsp3) is 0.312. The molecule has 1 saturated heterocycles. The molecule has 0 amide bonds. The molecular weight excluding hydrogens is 319 g/mol. The van der Waals surface area contributed by atoms with E-state index in [2.05, 4.69) is 15.1 Å². The Kier molecular flexibility index (Phi) is 3.40. The average molecular weight is 333 g/mol. The lowest BCUT2D eigenvalue weighted by Crippen LogP contribution is -2.24. The van der Waals surface area contributed by atoms with Gasteiger partial charge in [-0.1, -0.05) is 6.07 Å². The third kappa shape index (κ3) is 2.47. The van der Waals surface area contributed by atoms with Crippen molar-refractivity contribution < 1.29 is 13.2 Å². The number of alkyl halides is 3. The van der Waals surface area contributed by atoms with E-state index in [1.165, 1.54) is 16.9 Å². The van der Waals surface area contributed by atoms with Gasteiger partial charge >= 0.3 is 6.18 Å². The highest BCUT2D eigenvalue weighted by atomic mass is 19.4. The molecule has 124 valence electrons. The molecule has 4 rings (SSSR count). The minimum Gasteiger partial charge on any atom is -0.348 e. The fourth-order valence-electron chi connectivity index (χ4n) is 3.21. The third-order valence-corrected chi connectivity index (χ3v) is 4.25. The molecule has 0 aliphatic carbocycles. The Balaban J connectivity index is 1.79. The highest BCUT2D eigenvalue weighted by Crippen LogP contribution is 2.38. The molecule has 3 aromatic rings. The maximum Gasteiger partial charge on any atom is 0.435 e. The summed E-state index contributed by atoms with van der Waals surface area (Å²) in [6.45, 7) is 0.735. The molecule has 4 heterocycles. The van der Waals surface area contributed by atoms with Crippen LogP contribution in [0.4, 0.5) is 19.0 Å². The summed E-state index contributed by atoms with van der Waals surface area (Å²) in [6.07, 6.45) is 3.79. The molecule has 0 spiro atoms. The van der Waals surface area contributed by atoms with Gasteiger partial charge in [-0.15, -0.1) is 0 Å². The van der Waals surface area contributed by atoms with E-state index in [1.54, 1.807) is 12.4 Å². The monoisotopic (exact) mass is 333 g/mol. The van der Waals surface area contributed by atoms with Crippen molar-refractivity contribution in [2.75, 3.05) is 11.4 Å². The van der Waals surface area contributed by atoms with E-state index in [0.717, 1.165) is 31.0 Å². The number of hydrogen-bond donors (Lipinski definition) is 0. The van der Waals surface area contributed by atoms with E-state index in [4.69, 9.17) is 0 Å². The average Bonchev–Trinajstić information content (AvgIpc) is 3.21. The zero-order valence-electron chi connectivity index (χ0n) is 12.6. The van der Waals surface area contributed by atoms with Crippen molar-refractivity contribution in [3.05, 3.63) is 54.2 Å². The van der Waals surface area contributed by atoms with Gasteiger partial charge in [0.15, 0.2) is 11.5 Å². The van der Waals surface area contributed by atoms with Crippen LogP contribution in [0, 0.1) is 0 Å². The highest BCUT2D eigenvalue weighted by Gasteiger charge is 2.35. The fourth-order valence-corrected chi connectivity index (χ4v) is 3.21. The summed E-state index contributed by atoms with van der Waals surface area (Å²) in [5.74, 6) is 0.520. The predicted molar refractivity (Wildman–Crippen MR) is 81.5 cm³/mol. The Morgan fingerprint density at radius 1 is 1.21 bits per heavy atom. The standard InChI is InChI=1S/C16H14F3N5/c17-16(18,19)14-9-13-15(21-6-8-24(13)22-14)23-7-2-4-12(23)11-3-1-5-20-10-11/h1,3,5-6,8-10,12H,2,4,7H2/t12-/m0/s1. The Bertz CT molecular complexity index is 859. The molecule has 5 nitrogen and oxygen atoms in total. The van der Waals surface area contributed by atoms with Crippen molar-refractivity contribution in [1.29, 1.82) is 0 Å². The van der Waals surface area contributed by atoms with Crippen LogP contribution in [0.5, 0.6) is 0 Å². The molecule has 8 heteroatoms. The summed E-state index contributed by atoms with van der Waals surface area (Å²) >= 11 is 0. The van der Waals surface area contributed by atoms with Crippen LogP contribution in [-0.2, 0) is 6.18 Å². The van der Waals surface area contributed by atoms with Gasteiger partial charge in [0.2, 0.25) is 0 Å². The molecule has 0 bridgehead atoms. The van der Waals surface area contributed by atoms with E-state index in [1.807, 2.05) is 17.0 Å². The van der Waals surface area contributed by atoms with Crippen molar-refractivity contribution in [3.63, 3.8) is 0 Å². The molecular formula is C16H14F3N5. The minimum absolute atomic E-state index is 0.0571. The molecule has 0 radical (unpaired) electrons. The Hall–Kier alpha value is -2.64. The second-order valence-corrected chi connectivity index (χ2v) is 5.75. The first-order chi connectivity index (χ1) is 11.5. The predicted octanol–water partition coefficient (Wildman–Crippen LogP) is 3.48. The lowest BCUT2D eigenvalue weighted by molar-refractivity contribution is -0.141. The number of halogens is 3. The van der Waals surface area contributed by atoms with Crippen molar-refractivity contribution in [2.24, 2.45) is 0 Å². The summed E-state index contributed by atoms with van der Waals surface area (Å²) in [5.41, 5.74) is 0.490. The zero-order chi connectivity index (χ0) is 16.7. The van der Waals surface area contributed by atoms with Crippen LogP contribution < -0.4 is 4.90 Å². The Morgan fingerprint density at radius 3 is 2.83 bits per heavy atom. The van der Waals surface area contributed by atoms with E-state index in [9.17, 15) is 13.2 Å².